The summed E-state index contributed by atoms with van der Waals surface area (Å²) in [5.41, 5.74) is 2.24. The summed E-state index contributed by atoms with van der Waals surface area (Å²) in [5.74, 6) is -0.931. The number of nitriles is 1. The highest BCUT2D eigenvalue weighted by atomic mass is 35.5. The third-order valence-electron chi connectivity index (χ3n) is 5.23. The zero-order valence-corrected chi connectivity index (χ0v) is 19.8. The Balaban J connectivity index is 1.74. The lowest BCUT2D eigenvalue weighted by Crippen LogP contribution is -2.32. The first-order valence-corrected chi connectivity index (χ1v) is 12.3. The molecule has 2 atom stereocenters. The van der Waals surface area contributed by atoms with E-state index in [-0.39, 0.29) is 10.9 Å². The molecule has 8 heteroatoms. The number of halogens is 1. The summed E-state index contributed by atoms with van der Waals surface area (Å²) in [7, 11) is -3.64. The normalized spacial score (nSPS) is 13.0. The number of carbonyl (C=O) groups excluding carboxylic acids is 1. The highest BCUT2D eigenvalue weighted by molar-refractivity contribution is 7.89. The molecule has 3 aromatic rings. The van der Waals surface area contributed by atoms with Gasteiger partial charge in [-0.2, -0.15) is 5.26 Å². The Kier molecular flexibility index (Phi) is 7.88. The second-order valence-corrected chi connectivity index (χ2v) is 9.74. The molecule has 0 fully saturated rings. The molecule has 0 aromatic heterocycles. The Hall–Kier alpha value is -3.18. The van der Waals surface area contributed by atoms with Crippen LogP contribution in [0.1, 0.15) is 47.7 Å². The van der Waals surface area contributed by atoms with Crippen LogP contribution in [0.4, 0.5) is 5.69 Å². The molecule has 0 aliphatic heterocycles. The van der Waals surface area contributed by atoms with Crippen LogP contribution in [-0.4, -0.2) is 20.4 Å². The molecule has 2 N–H and O–H groups in total. The van der Waals surface area contributed by atoms with Gasteiger partial charge in [-0.1, -0.05) is 54.9 Å². The van der Waals surface area contributed by atoms with Crippen molar-refractivity contribution < 1.29 is 13.2 Å². The molecule has 3 aromatic carbocycles. The lowest BCUT2D eigenvalue weighted by Gasteiger charge is -2.14. The zero-order chi connectivity index (χ0) is 24.0. The quantitative estimate of drug-likeness (QED) is 0.454. The fourth-order valence-electron chi connectivity index (χ4n) is 3.21. The summed E-state index contributed by atoms with van der Waals surface area (Å²) >= 11 is 6.43. The van der Waals surface area contributed by atoms with Crippen molar-refractivity contribution in [1.29, 1.82) is 5.26 Å². The molecule has 0 aliphatic carbocycles. The number of sulfonamides is 1. The summed E-state index contributed by atoms with van der Waals surface area (Å²) in [6.45, 7) is 3.68. The summed E-state index contributed by atoms with van der Waals surface area (Å²) < 4.78 is 27.3. The first-order valence-electron chi connectivity index (χ1n) is 10.4. The van der Waals surface area contributed by atoms with Crippen molar-refractivity contribution in [3.63, 3.8) is 0 Å². The Morgan fingerprint density at radius 1 is 1.06 bits per heavy atom. The summed E-state index contributed by atoms with van der Waals surface area (Å²) in [6, 6.07) is 22.1. The summed E-state index contributed by atoms with van der Waals surface area (Å²) in [5, 5.41) is 12.7. The van der Waals surface area contributed by atoms with Crippen molar-refractivity contribution >= 4 is 33.2 Å². The van der Waals surface area contributed by atoms with Crippen LogP contribution in [0.25, 0.3) is 0 Å². The minimum atomic E-state index is -3.64. The van der Waals surface area contributed by atoms with Crippen LogP contribution >= 0.6 is 11.6 Å². The van der Waals surface area contributed by atoms with Crippen molar-refractivity contribution in [2.24, 2.45) is 0 Å². The topological polar surface area (TPSA) is 99.1 Å². The molecule has 3 rings (SSSR count). The van der Waals surface area contributed by atoms with Gasteiger partial charge in [-0.25, -0.2) is 13.1 Å². The molecular weight excluding hydrogens is 458 g/mol. The molecule has 1 amide bonds. The molecule has 33 heavy (non-hydrogen) atoms. The second kappa shape index (κ2) is 10.6. The fourth-order valence-corrected chi connectivity index (χ4v) is 4.83. The van der Waals surface area contributed by atoms with E-state index in [0.717, 1.165) is 5.56 Å². The minimum Gasteiger partial charge on any atom is -0.322 e. The number of nitrogens with one attached hydrogen (secondary N) is 2. The Morgan fingerprint density at radius 3 is 2.30 bits per heavy atom. The average molecular weight is 482 g/mol. The number of hydrogen-bond donors (Lipinski definition) is 2. The maximum Gasteiger partial charge on any atom is 0.255 e. The van der Waals surface area contributed by atoms with E-state index in [1.54, 1.807) is 25.1 Å². The number of benzene rings is 3. The van der Waals surface area contributed by atoms with E-state index in [4.69, 9.17) is 11.6 Å². The van der Waals surface area contributed by atoms with E-state index < -0.39 is 21.8 Å². The highest BCUT2D eigenvalue weighted by Crippen LogP contribution is 2.32. The minimum absolute atomic E-state index is 0.0928. The number of anilines is 1. The Labute approximate surface area is 199 Å². The molecule has 0 saturated carbocycles. The third-order valence-corrected chi connectivity index (χ3v) is 7.16. The van der Waals surface area contributed by atoms with Crippen molar-refractivity contribution in [3.05, 3.63) is 94.5 Å². The molecule has 170 valence electrons. The Bertz CT molecular complexity index is 1270. The number of nitrogens with zero attached hydrogens (tertiary/aromatic N) is 1. The zero-order valence-electron chi connectivity index (χ0n) is 18.2. The third kappa shape index (κ3) is 5.99. The van der Waals surface area contributed by atoms with Crippen LogP contribution in [0, 0.1) is 11.3 Å². The number of rotatable bonds is 8. The van der Waals surface area contributed by atoms with Crippen LogP contribution in [0.2, 0.25) is 5.02 Å². The van der Waals surface area contributed by atoms with Gasteiger partial charge in [0.15, 0.2) is 0 Å². The van der Waals surface area contributed by atoms with Crippen molar-refractivity contribution in [2.75, 3.05) is 5.32 Å². The number of amides is 1. The molecular formula is C25H24ClN3O3S. The Morgan fingerprint density at radius 2 is 1.73 bits per heavy atom. The largest absolute Gasteiger partial charge is 0.322 e. The van der Waals surface area contributed by atoms with Crippen molar-refractivity contribution in [2.45, 2.75) is 37.1 Å². The maximum atomic E-state index is 12.6. The van der Waals surface area contributed by atoms with E-state index in [0.29, 0.717) is 28.3 Å². The molecule has 0 saturated heterocycles. The van der Waals surface area contributed by atoms with Crippen LogP contribution < -0.4 is 10.0 Å². The van der Waals surface area contributed by atoms with Gasteiger partial charge in [0, 0.05) is 22.3 Å². The second-order valence-electron chi connectivity index (χ2n) is 7.62. The lowest BCUT2D eigenvalue weighted by molar-refractivity contribution is 0.102. The summed E-state index contributed by atoms with van der Waals surface area (Å²) in [4.78, 5) is 12.7. The first kappa shape index (κ1) is 24.5. The SMILES string of the molecule is CCC(C)NS(=O)(=O)c1ccc(C(=O)Nc2ccc(C(C#N)c3ccccc3)c(Cl)c2)cc1. The van der Waals surface area contributed by atoms with E-state index in [1.807, 2.05) is 37.3 Å². The molecule has 0 aliphatic rings. The van der Waals surface area contributed by atoms with Crippen LogP contribution in [0.5, 0.6) is 0 Å². The molecule has 6 nitrogen and oxygen atoms in total. The molecule has 0 bridgehead atoms. The van der Waals surface area contributed by atoms with Gasteiger partial charge in [0.05, 0.1) is 16.9 Å². The van der Waals surface area contributed by atoms with Crippen LogP contribution in [0.15, 0.2) is 77.7 Å². The average Bonchev–Trinajstić information content (AvgIpc) is 2.81. The predicted octanol–water partition coefficient (Wildman–Crippen LogP) is 5.32. The molecule has 0 spiro atoms. The van der Waals surface area contributed by atoms with Gasteiger partial charge in [-0.15, -0.1) is 0 Å². The molecule has 0 heterocycles. The first-order chi connectivity index (χ1) is 15.7. The van der Waals surface area contributed by atoms with Gasteiger partial charge in [0.1, 0.15) is 0 Å². The maximum absolute atomic E-state index is 12.6. The van der Waals surface area contributed by atoms with Gasteiger partial charge in [0.25, 0.3) is 5.91 Å². The summed E-state index contributed by atoms with van der Waals surface area (Å²) in [6.07, 6.45) is 0.668. The fraction of sp³-hybridized carbons (Fsp3) is 0.200. The van der Waals surface area contributed by atoms with E-state index in [9.17, 15) is 18.5 Å². The van der Waals surface area contributed by atoms with E-state index in [2.05, 4.69) is 16.1 Å². The van der Waals surface area contributed by atoms with Crippen LogP contribution in [-0.2, 0) is 10.0 Å². The van der Waals surface area contributed by atoms with Gasteiger partial charge in [-0.05, 0) is 60.9 Å². The monoisotopic (exact) mass is 481 g/mol. The van der Waals surface area contributed by atoms with Gasteiger partial charge in [-0.3, -0.25) is 4.79 Å². The van der Waals surface area contributed by atoms with E-state index in [1.165, 1.54) is 24.3 Å². The highest BCUT2D eigenvalue weighted by Gasteiger charge is 2.19. The molecule has 0 radical (unpaired) electrons. The smallest absolute Gasteiger partial charge is 0.255 e. The van der Waals surface area contributed by atoms with Gasteiger partial charge >= 0.3 is 0 Å². The number of hydrogen-bond acceptors (Lipinski definition) is 4. The standard InChI is InChI=1S/C25H24ClN3O3S/c1-3-17(2)29-33(31,32)21-12-9-19(10-13-21)25(30)28-20-11-14-22(24(26)15-20)23(16-27)18-7-5-4-6-8-18/h4-15,17,23,29H,3H2,1-2H3,(H,28,30). The predicted molar refractivity (Wildman–Crippen MR) is 130 cm³/mol. The molecule has 2 unspecified atom stereocenters. The van der Waals surface area contributed by atoms with Gasteiger partial charge in [0.2, 0.25) is 10.0 Å². The van der Waals surface area contributed by atoms with Crippen molar-refractivity contribution in [1.82, 2.24) is 4.72 Å². The van der Waals surface area contributed by atoms with E-state index >= 15 is 0 Å². The lowest BCUT2D eigenvalue weighted by atomic mass is 9.92. The number of carbonyl (C=O) groups is 1. The van der Waals surface area contributed by atoms with Crippen LogP contribution in [0.3, 0.4) is 0 Å². The van der Waals surface area contributed by atoms with Gasteiger partial charge < -0.3 is 5.32 Å². The van der Waals surface area contributed by atoms with Crippen molar-refractivity contribution in [3.8, 4) is 6.07 Å².